The molecule has 0 amide bonds. The van der Waals surface area contributed by atoms with E-state index in [1.807, 2.05) is 55.6 Å². The molecule has 3 N–H and O–H groups in total. The van der Waals surface area contributed by atoms with Gasteiger partial charge in [-0.2, -0.15) is 15.0 Å². The van der Waals surface area contributed by atoms with Gasteiger partial charge in [0.2, 0.25) is 11.9 Å². The van der Waals surface area contributed by atoms with Crippen molar-refractivity contribution in [3.8, 4) is 0 Å². The maximum atomic E-state index is 5.90. The van der Waals surface area contributed by atoms with E-state index in [-0.39, 0.29) is 12.0 Å². The molecule has 0 spiro atoms. The second-order valence-corrected chi connectivity index (χ2v) is 6.90. The number of benzene rings is 2. The minimum atomic E-state index is -0.0243. The molecule has 1 aromatic heterocycles. The van der Waals surface area contributed by atoms with Crippen molar-refractivity contribution < 1.29 is 0 Å². The van der Waals surface area contributed by atoms with Crippen LogP contribution >= 0.6 is 15.9 Å². The van der Waals surface area contributed by atoms with Gasteiger partial charge < -0.3 is 11.1 Å². The number of halogens is 1. The number of aromatic nitrogens is 3. The van der Waals surface area contributed by atoms with E-state index in [2.05, 4.69) is 54.1 Å². The minimum Gasteiger partial charge on any atom is -0.368 e. The van der Waals surface area contributed by atoms with Crippen LogP contribution in [0.5, 0.6) is 0 Å². The largest absolute Gasteiger partial charge is 0.368 e. The Labute approximate surface area is 161 Å². The predicted octanol–water partition coefficient (Wildman–Crippen LogP) is 4.15. The Morgan fingerprint density at radius 1 is 1.04 bits per heavy atom. The van der Waals surface area contributed by atoms with Crippen molar-refractivity contribution >= 4 is 33.5 Å². The van der Waals surface area contributed by atoms with E-state index in [4.69, 9.17) is 5.73 Å². The van der Waals surface area contributed by atoms with Crippen LogP contribution in [0, 0.1) is 0 Å². The average molecular weight is 413 g/mol. The van der Waals surface area contributed by atoms with Gasteiger partial charge >= 0.3 is 0 Å². The molecule has 0 radical (unpaired) electrons. The monoisotopic (exact) mass is 412 g/mol. The van der Waals surface area contributed by atoms with E-state index >= 15 is 0 Å². The van der Waals surface area contributed by atoms with Crippen LogP contribution in [0.15, 0.2) is 59.1 Å². The van der Waals surface area contributed by atoms with Crippen LogP contribution in [0.25, 0.3) is 0 Å². The van der Waals surface area contributed by atoms with Crippen LogP contribution in [0.4, 0.5) is 17.6 Å². The summed E-state index contributed by atoms with van der Waals surface area (Å²) in [6, 6.07) is 17.9. The van der Waals surface area contributed by atoms with Gasteiger partial charge in [0.15, 0.2) is 5.82 Å². The zero-order valence-corrected chi connectivity index (χ0v) is 16.3. The number of nitrogen functional groups attached to an aromatic ring is 1. The first-order valence-electron chi connectivity index (χ1n) is 8.30. The number of nitrogens with one attached hydrogen (secondary N) is 1. The third-order valence-electron chi connectivity index (χ3n) is 4.11. The molecule has 0 aliphatic carbocycles. The Morgan fingerprint density at radius 2 is 1.73 bits per heavy atom. The van der Waals surface area contributed by atoms with Gasteiger partial charge in [0.05, 0.1) is 6.04 Å². The fourth-order valence-electron chi connectivity index (χ4n) is 2.53. The Balaban J connectivity index is 1.78. The standard InChI is InChI=1S/C19H21BrN6/c1-13(26(2)12-14-8-6-7-11-16(14)20)17-23-18(21)25-19(24-17)22-15-9-4-3-5-10-15/h3-11,13H,12H2,1-2H3,(H3,21,22,23,24,25). The van der Waals surface area contributed by atoms with Crippen LogP contribution in [-0.2, 0) is 6.54 Å². The van der Waals surface area contributed by atoms with E-state index in [0.29, 0.717) is 11.8 Å². The zero-order chi connectivity index (χ0) is 18.5. The number of rotatable bonds is 6. The summed E-state index contributed by atoms with van der Waals surface area (Å²) in [6.45, 7) is 2.81. The number of nitrogens with zero attached hydrogens (tertiary/aromatic N) is 4. The van der Waals surface area contributed by atoms with Gasteiger partial charge in [0.1, 0.15) is 0 Å². The summed E-state index contributed by atoms with van der Waals surface area (Å²) < 4.78 is 1.08. The Morgan fingerprint density at radius 3 is 2.46 bits per heavy atom. The summed E-state index contributed by atoms with van der Waals surface area (Å²) in [5.74, 6) is 1.28. The molecule has 0 fully saturated rings. The number of hydrogen-bond donors (Lipinski definition) is 2. The molecule has 3 rings (SSSR count). The summed E-state index contributed by atoms with van der Waals surface area (Å²) in [5, 5.41) is 3.17. The highest BCUT2D eigenvalue weighted by atomic mass is 79.9. The topological polar surface area (TPSA) is 80.0 Å². The smallest absolute Gasteiger partial charge is 0.232 e. The number of nitrogens with two attached hydrogens (primary N) is 1. The van der Waals surface area contributed by atoms with Crippen molar-refractivity contribution in [2.75, 3.05) is 18.1 Å². The number of anilines is 3. The molecule has 1 heterocycles. The zero-order valence-electron chi connectivity index (χ0n) is 14.7. The van der Waals surface area contributed by atoms with Gasteiger partial charge in [-0.1, -0.05) is 52.3 Å². The average Bonchev–Trinajstić information content (AvgIpc) is 2.63. The van der Waals surface area contributed by atoms with Gasteiger partial charge in [-0.05, 0) is 37.7 Å². The van der Waals surface area contributed by atoms with Crippen molar-refractivity contribution in [3.63, 3.8) is 0 Å². The molecule has 0 bridgehead atoms. The summed E-state index contributed by atoms with van der Waals surface area (Å²) >= 11 is 3.59. The first-order chi connectivity index (χ1) is 12.5. The van der Waals surface area contributed by atoms with Crippen LogP contribution in [0.2, 0.25) is 0 Å². The third kappa shape index (κ3) is 4.56. The molecule has 1 unspecified atom stereocenters. The lowest BCUT2D eigenvalue weighted by molar-refractivity contribution is 0.243. The maximum Gasteiger partial charge on any atom is 0.232 e. The second kappa shape index (κ2) is 8.25. The van der Waals surface area contributed by atoms with Crippen molar-refractivity contribution in [2.45, 2.75) is 19.5 Å². The Bertz CT molecular complexity index is 871. The van der Waals surface area contributed by atoms with Gasteiger partial charge in [0, 0.05) is 16.7 Å². The van der Waals surface area contributed by atoms with Crippen molar-refractivity contribution in [1.29, 1.82) is 0 Å². The van der Waals surface area contributed by atoms with E-state index in [0.717, 1.165) is 16.7 Å². The van der Waals surface area contributed by atoms with Crippen LogP contribution in [0.3, 0.4) is 0 Å². The predicted molar refractivity (Wildman–Crippen MR) is 108 cm³/mol. The number of para-hydroxylation sites is 1. The molecule has 1 atom stereocenters. The molecule has 3 aromatic rings. The normalized spacial score (nSPS) is 12.2. The molecule has 26 heavy (non-hydrogen) atoms. The molecular weight excluding hydrogens is 392 g/mol. The summed E-state index contributed by atoms with van der Waals surface area (Å²) in [5.41, 5.74) is 8.00. The van der Waals surface area contributed by atoms with Crippen molar-refractivity contribution in [2.24, 2.45) is 0 Å². The van der Waals surface area contributed by atoms with Crippen LogP contribution in [-0.4, -0.2) is 26.9 Å². The molecule has 0 saturated carbocycles. The SMILES string of the molecule is CC(c1nc(N)nc(Nc2ccccc2)n1)N(C)Cc1ccccc1Br. The van der Waals surface area contributed by atoms with Crippen molar-refractivity contribution in [1.82, 2.24) is 19.9 Å². The maximum absolute atomic E-state index is 5.90. The van der Waals surface area contributed by atoms with E-state index in [1.54, 1.807) is 0 Å². The highest BCUT2D eigenvalue weighted by Gasteiger charge is 2.18. The highest BCUT2D eigenvalue weighted by molar-refractivity contribution is 9.10. The fraction of sp³-hybridized carbons (Fsp3) is 0.211. The fourth-order valence-corrected chi connectivity index (χ4v) is 2.94. The highest BCUT2D eigenvalue weighted by Crippen LogP contribution is 2.23. The van der Waals surface area contributed by atoms with E-state index in [1.165, 1.54) is 5.56 Å². The third-order valence-corrected chi connectivity index (χ3v) is 4.89. The van der Waals surface area contributed by atoms with Gasteiger partial charge in [-0.25, -0.2) is 0 Å². The lowest BCUT2D eigenvalue weighted by Gasteiger charge is -2.24. The Hall–Kier alpha value is -2.51. The quantitative estimate of drug-likeness (QED) is 0.632. The molecule has 0 aliphatic rings. The first-order valence-corrected chi connectivity index (χ1v) is 9.09. The minimum absolute atomic E-state index is 0.0243. The lowest BCUT2D eigenvalue weighted by Crippen LogP contribution is -2.24. The molecule has 0 saturated heterocycles. The van der Waals surface area contributed by atoms with Crippen LogP contribution in [0.1, 0.15) is 24.4 Å². The lowest BCUT2D eigenvalue weighted by atomic mass is 10.2. The molecule has 6 nitrogen and oxygen atoms in total. The number of hydrogen-bond acceptors (Lipinski definition) is 6. The first kappa shape index (κ1) is 18.3. The van der Waals surface area contributed by atoms with Crippen LogP contribution < -0.4 is 11.1 Å². The summed E-state index contributed by atoms with van der Waals surface area (Å²) in [7, 11) is 2.04. The molecule has 0 aliphatic heterocycles. The molecule has 7 heteroatoms. The van der Waals surface area contributed by atoms with E-state index in [9.17, 15) is 0 Å². The van der Waals surface area contributed by atoms with Gasteiger partial charge in [-0.15, -0.1) is 0 Å². The molecular formula is C19H21BrN6. The van der Waals surface area contributed by atoms with Gasteiger partial charge in [-0.3, -0.25) is 4.90 Å². The van der Waals surface area contributed by atoms with Crippen molar-refractivity contribution in [3.05, 3.63) is 70.5 Å². The second-order valence-electron chi connectivity index (χ2n) is 6.05. The van der Waals surface area contributed by atoms with E-state index < -0.39 is 0 Å². The molecule has 134 valence electrons. The Kier molecular flexibility index (Phi) is 5.80. The molecule has 2 aromatic carbocycles. The summed E-state index contributed by atoms with van der Waals surface area (Å²) in [4.78, 5) is 15.2. The van der Waals surface area contributed by atoms with Gasteiger partial charge in [0.25, 0.3) is 0 Å². The summed E-state index contributed by atoms with van der Waals surface area (Å²) in [6.07, 6.45) is 0.